The first kappa shape index (κ1) is 14.3. The monoisotopic (exact) mass is 283 g/mol. The summed E-state index contributed by atoms with van der Waals surface area (Å²) in [7, 11) is -3.13. The molecule has 0 amide bonds. The van der Waals surface area contributed by atoms with Crippen LogP contribution in [0.15, 0.2) is 29.2 Å². The first-order chi connectivity index (χ1) is 8.78. The van der Waals surface area contributed by atoms with Crippen LogP contribution in [0.2, 0.25) is 0 Å². The standard InChI is InChI=1S/C14H21NO3S/c1-4-19(17,18)13-7-5-12(6-8-13)15-9-14(16,10-15)11(2)3/h5-8,11,16H,4,9-10H2,1-3H3. The van der Waals surface area contributed by atoms with E-state index in [0.29, 0.717) is 18.0 Å². The summed E-state index contributed by atoms with van der Waals surface area (Å²) >= 11 is 0. The van der Waals surface area contributed by atoms with Crippen LogP contribution in [-0.4, -0.2) is 38.0 Å². The molecule has 19 heavy (non-hydrogen) atoms. The number of rotatable bonds is 4. The molecule has 1 aromatic rings. The molecule has 0 unspecified atom stereocenters. The zero-order valence-corrected chi connectivity index (χ0v) is 12.4. The zero-order valence-electron chi connectivity index (χ0n) is 11.6. The Balaban J connectivity index is 2.10. The molecule has 5 heteroatoms. The van der Waals surface area contributed by atoms with E-state index in [1.54, 1.807) is 19.1 Å². The fourth-order valence-electron chi connectivity index (χ4n) is 2.19. The van der Waals surface area contributed by atoms with E-state index in [1.165, 1.54) is 0 Å². The summed E-state index contributed by atoms with van der Waals surface area (Å²) in [6.45, 7) is 6.86. The van der Waals surface area contributed by atoms with Crippen molar-refractivity contribution in [3.05, 3.63) is 24.3 Å². The molecule has 0 radical (unpaired) electrons. The van der Waals surface area contributed by atoms with Gasteiger partial charge in [0.15, 0.2) is 9.84 Å². The minimum absolute atomic E-state index is 0.114. The van der Waals surface area contributed by atoms with Crippen LogP contribution in [0.25, 0.3) is 0 Å². The normalized spacial score (nSPS) is 18.5. The second-order valence-electron chi connectivity index (χ2n) is 5.51. The molecule has 0 spiro atoms. The van der Waals surface area contributed by atoms with E-state index in [-0.39, 0.29) is 11.7 Å². The molecule has 0 aromatic heterocycles. The summed E-state index contributed by atoms with van der Waals surface area (Å²) < 4.78 is 23.4. The molecular formula is C14H21NO3S. The topological polar surface area (TPSA) is 57.6 Å². The van der Waals surface area contributed by atoms with Crippen LogP contribution >= 0.6 is 0 Å². The van der Waals surface area contributed by atoms with Crippen LogP contribution in [0.5, 0.6) is 0 Å². The molecule has 1 saturated heterocycles. The summed E-state index contributed by atoms with van der Waals surface area (Å²) in [4.78, 5) is 2.42. The van der Waals surface area contributed by atoms with E-state index in [1.807, 2.05) is 26.0 Å². The number of aliphatic hydroxyl groups is 1. The molecule has 0 bridgehead atoms. The number of benzene rings is 1. The van der Waals surface area contributed by atoms with Crippen LogP contribution < -0.4 is 4.90 Å². The Morgan fingerprint density at radius 2 is 1.79 bits per heavy atom. The molecule has 2 rings (SSSR count). The number of hydrogen-bond acceptors (Lipinski definition) is 4. The van der Waals surface area contributed by atoms with Gasteiger partial charge in [-0.25, -0.2) is 8.42 Å². The Labute approximate surface area is 115 Å². The van der Waals surface area contributed by atoms with Crippen LogP contribution in [0.3, 0.4) is 0 Å². The van der Waals surface area contributed by atoms with Crippen molar-refractivity contribution >= 4 is 15.5 Å². The first-order valence-electron chi connectivity index (χ1n) is 6.58. The van der Waals surface area contributed by atoms with Crippen molar-refractivity contribution in [3.63, 3.8) is 0 Å². The predicted octanol–water partition coefficient (Wildman–Crippen LogP) is 1.69. The average Bonchev–Trinajstić information content (AvgIpc) is 2.35. The maximum absolute atomic E-state index is 11.7. The SMILES string of the molecule is CCS(=O)(=O)c1ccc(N2CC(O)(C(C)C)C2)cc1. The van der Waals surface area contributed by atoms with Gasteiger partial charge in [-0.1, -0.05) is 20.8 Å². The molecule has 1 fully saturated rings. The molecule has 1 N–H and O–H groups in total. The van der Waals surface area contributed by atoms with E-state index >= 15 is 0 Å². The highest BCUT2D eigenvalue weighted by Gasteiger charge is 2.43. The summed E-state index contributed by atoms with van der Waals surface area (Å²) in [5.74, 6) is 0.340. The van der Waals surface area contributed by atoms with Crippen LogP contribution in [0.1, 0.15) is 20.8 Å². The van der Waals surface area contributed by atoms with Gasteiger partial charge in [0.2, 0.25) is 0 Å². The second-order valence-corrected chi connectivity index (χ2v) is 7.79. The van der Waals surface area contributed by atoms with Crippen LogP contribution in [0.4, 0.5) is 5.69 Å². The molecule has 4 nitrogen and oxygen atoms in total. The Morgan fingerprint density at radius 3 is 2.21 bits per heavy atom. The van der Waals surface area contributed by atoms with Crippen molar-refractivity contribution in [1.29, 1.82) is 0 Å². The smallest absolute Gasteiger partial charge is 0.178 e. The Hall–Kier alpha value is -1.07. The average molecular weight is 283 g/mol. The highest BCUT2D eigenvalue weighted by atomic mass is 32.2. The largest absolute Gasteiger partial charge is 0.386 e. The van der Waals surface area contributed by atoms with Gasteiger partial charge in [-0.15, -0.1) is 0 Å². The highest BCUT2D eigenvalue weighted by molar-refractivity contribution is 7.91. The lowest BCUT2D eigenvalue weighted by Crippen LogP contribution is -2.64. The van der Waals surface area contributed by atoms with Crippen molar-refractivity contribution in [2.24, 2.45) is 5.92 Å². The molecule has 1 aromatic carbocycles. The molecule has 1 aliphatic heterocycles. The molecule has 1 heterocycles. The van der Waals surface area contributed by atoms with Gasteiger partial charge in [-0.3, -0.25) is 0 Å². The minimum atomic E-state index is -3.13. The molecule has 106 valence electrons. The lowest BCUT2D eigenvalue weighted by Gasteiger charge is -2.50. The number of sulfone groups is 1. The second kappa shape index (κ2) is 4.80. The van der Waals surface area contributed by atoms with Gasteiger partial charge in [-0.05, 0) is 30.2 Å². The van der Waals surface area contributed by atoms with Gasteiger partial charge in [0.05, 0.1) is 10.6 Å². The maximum atomic E-state index is 11.7. The summed E-state index contributed by atoms with van der Waals surface area (Å²) in [5.41, 5.74) is 0.342. The van der Waals surface area contributed by atoms with E-state index in [4.69, 9.17) is 0 Å². The highest BCUT2D eigenvalue weighted by Crippen LogP contribution is 2.33. The summed E-state index contributed by atoms with van der Waals surface area (Å²) in [6, 6.07) is 6.90. The van der Waals surface area contributed by atoms with E-state index in [2.05, 4.69) is 4.90 Å². The predicted molar refractivity (Wildman–Crippen MR) is 76.2 cm³/mol. The molecular weight excluding hydrogens is 262 g/mol. The van der Waals surface area contributed by atoms with E-state index in [0.717, 1.165) is 5.69 Å². The van der Waals surface area contributed by atoms with Gasteiger partial charge in [0.1, 0.15) is 5.60 Å². The molecule has 0 atom stereocenters. The first-order valence-corrected chi connectivity index (χ1v) is 8.24. The number of nitrogens with zero attached hydrogens (tertiary/aromatic N) is 1. The zero-order chi connectivity index (χ0) is 14.3. The van der Waals surface area contributed by atoms with Crippen molar-refractivity contribution in [3.8, 4) is 0 Å². The Kier molecular flexibility index (Phi) is 3.62. The van der Waals surface area contributed by atoms with Crippen LogP contribution in [-0.2, 0) is 9.84 Å². The fourth-order valence-corrected chi connectivity index (χ4v) is 3.08. The van der Waals surface area contributed by atoms with Crippen LogP contribution in [0, 0.1) is 5.92 Å². The lowest BCUT2D eigenvalue weighted by atomic mass is 9.83. The molecule has 0 aliphatic carbocycles. The van der Waals surface area contributed by atoms with Gasteiger partial charge >= 0.3 is 0 Å². The fraction of sp³-hybridized carbons (Fsp3) is 0.571. The maximum Gasteiger partial charge on any atom is 0.178 e. The van der Waals surface area contributed by atoms with Gasteiger partial charge in [0, 0.05) is 18.8 Å². The third-order valence-corrected chi connectivity index (χ3v) is 5.70. The molecule has 1 aliphatic rings. The number of hydrogen-bond donors (Lipinski definition) is 1. The number of anilines is 1. The van der Waals surface area contributed by atoms with Crippen molar-refractivity contribution in [1.82, 2.24) is 0 Å². The summed E-state index contributed by atoms with van der Waals surface area (Å²) in [6.07, 6.45) is 0. The van der Waals surface area contributed by atoms with Crippen molar-refractivity contribution in [2.45, 2.75) is 31.3 Å². The number of β-amino-alcohol motifs (C(OH)–C–C–N with tert-alkyl or cyclic N) is 1. The summed E-state index contributed by atoms with van der Waals surface area (Å²) in [5, 5.41) is 10.2. The third-order valence-electron chi connectivity index (χ3n) is 3.95. The van der Waals surface area contributed by atoms with E-state index < -0.39 is 15.4 Å². The lowest BCUT2D eigenvalue weighted by molar-refractivity contribution is -0.0300. The van der Waals surface area contributed by atoms with Gasteiger partial charge < -0.3 is 10.0 Å². The van der Waals surface area contributed by atoms with E-state index in [9.17, 15) is 13.5 Å². The Morgan fingerprint density at radius 1 is 1.26 bits per heavy atom. The quantitative estimate of drug-likeness (QED) is 0.913. The van der Waals surface area contributed by atoms with Crippen molar-refractivity contribution < 1.29 is 13.5 Å². The Bertz CT molecular complexity index is 543. The minimum Gasteiger partial charge on any atom is -0.386 e. The van der Waals surface area contributed by atoms with Gasteiger partial charge in [0.25, 0.3) is 0 Å². The molecule has 0 saturated carbocycles. The van der Waals surface area contributed by atoms with Crippen molar-refractivity contribution in [2.75, 3.05) is 23.7 Å². The third kappa shape index (κ3) is 2.62. The van der Waals surface area contributed by atoms with Gasteiger partial charge in [-0.2, -0.15) is 0 Å².